The van der Waals surface area contributed by atoms with Gasteiger partial charge in [0.25, 0.3) is 11.9 Å². The minimum Gasteiger partial charge on any atom is -0.481 e. The Labute approximate surface area is 351 Å². The molecule has 0 aromatic heterocycles. The van der Waals surface area contributed by atoms with E-state index in [1.165, 1.54) is 12.1 Å². The van der Waals surface area contributed by atoms with Crippen LogP contribution in [0.5, 0.6) is 0 Å². The molecule has 0 saturated heterocycles. The van der Waals surface area contributed by atoms with Crippen LogP contribution in [0.15, 0.2) is 102 Å². The molecule has 0 radical (unpaired) electrons. The largest absolute Gasteiger partial charge is 0.481 e. The van der Waals surface area contributed by atoms with E-state index in [1.54, 1.807) is 0 Å². The number of rotatable bonds is 2. The van der Waals surface area contributed by atoms with E-state index in [2.05, 4.69) is 83.6 Å². The topological polar surface area (TPSA) is 113 Å². The minimum atomic E-state index is -0.907. The molecule has 0 amide bonds. The molecule has 0 aliphatic rings. The number of hydrogen-bond acceptors (Lipinski definition) is 4. The minimum absolute atomic E-state index is 0. The van der Waals surface area contributed by atoms with Crippen molar-refractivity contribution in [3.63, 3.8) is 0 Å². The Morgan fingerprint density at radius 2 is 0.909 bits per heavy atom. The summed E-state index contributed by atoms with van der Waals surface area (Å²) in [6.45, 7) is 23.8. The predicted octanol–water partition coefficient (Wildman–Crippen LogP) is 13.8. The first kappa shape index (κ1) is 60.9. The van der Waals surface area contributed by atoms with Crippen molar-refractivity contribution in [2.24, 2.45) is 0 Å². The van der Waals surface area contributed by atoms with Gasteiger partial charge in [0.15, 0.2) is 23.3 Å². The van der Waals surface area contributed by atoms with E-state index in [1.807, 2.05) is 60.7 Å². The Balaban J connectivity index is -0.000000191. The second-order valence-electron chi connectivity index (χ2n) is 14.3. The van der Waals surface area contributed by atoms with Gasteiger partial charge in [-0.3, -0.25) is 9.59 Å². The van der Waals surface area contributed by atoms with Crippen molar-refractivity contribution in [2.45, 2.75) is 106 Å². The average Bonchev–Trinajstić information content (AvgIpc) is 2.96. The van der Waals surface area contributed by atoms with Crippen molar-refractivity contribution in [3.05, 3.63) is 125 Å². The first-order valence-electron chi connectivity index (χ1n) is 16.1. The van der Waals surface area contributed by atoms with E-state index >= 15 is 0 Å². The third-order valence-electron chi connectivity index (χ3n) is 5.91. The van der Waals surface area contributed by atoms with Gasteiger partial charge in [0.2, 0.25) is 0 Å². The van der Waals surface area contributed by atoms with E-state index < -0.39 is 43.1 Å². The number of anilines is 3. The number of benzene rings is 4. The van der Waals surface area contributed by atoms with Crippen LogP contribution < -0.4 is 11.1 Å². The molecule has 13 heteroatoms. The Hall–Kier alpha value is -3.29. The standard InChI is InChI=1S/C12H9F2N.C12H27P.C6H5Br.C6H5F2N.2C2H4O2.2CH4.Pd/c13-11-7-6-10(8-12(11)14)15-9-4-2-1-3-5-9;1-10(2,3)13(11(4,5)6)12(7,8)9;7-6-4-2-1-3-5-6;7-5-2-1-4(9)3-6(5)8;2*1-2(3)4;;;/h1-8,15H;1-9H3;1-5H;1-3H,9H2;2*1H3,(H,3,4);2*1H4;/p+1. The van der Waals surface area contributed by atoms with Crippen LogP contribution in [-0.2, 0) is 30.0 Å². The summed E-state index contributed by atoms with van der Waals surface area (Å²) in [5.74, 6) is -5.14. The molecule has 0 atom stereocenters. The fraction of sp³-hybridized carbons (Fsp3) is 0.381. The van der Waals surface area contributed by atoms with Gasteiger partial charge in [-0.2, -0.15) is 0 Å². The number of nitrogen functional groups attached to an aromatic ring is 1. The maximum atomic E-state index is 12.9. The summed E-state index contributed by atoms with van der Waals surface area (Å²) in [4.78, 5) is 18.0. The molecule has 0 unspecified atom stereocenters. The van der Waals surface area contributed by atoms with Crippen LogP contribution in [0.2, 0.25) is 0 Å². The van der Waals surface area contributed by atoms with E-state index in [4.69, 9.17) is 25.5 Å². The third kappa shape index (κ3) is 32.6. The summed E-state index contributed by atoms with van der Waals surface area (Å²) in [7, 11) is -0.391. The van der Waals surface area contributed by atoms with Crippen LogP contribution in [0, 0.1) is 23.3 Å². The summed E-state index contributed by atoms with van der Waals surface area (Å²) in [6, 6.07) is 26.2. The Bertz CT molecular complexity index is 1570. The number of carboxylic acids is 2. The molecule has 0 aliphatic heterocycles. The Kier molecular flexibility index (Phi) is 33.2. The molecule has 0 saturated carbocycles. The van der Waals surface area contributed by atoms with Gasteiger partial charge < -0.3 is 21.3 Å². The summed E-state index contributed by atoms with van der Waals surface area (Å²) in [5, 5.41) is 19.3. The molecule has 0 bridgehead atoms. The molecule has 314 valence electrons. The molecule has 55 heavy (non-hydrogen) atoms. The van der Waals surface area contributed by atoms with Crippen LogP contribution in [0.25, 0.3) is 0 Å². The van der Waals surface area contributed by atoms with Gasteiger partial charge in [-0.15, -0.1) is 0 Å². The van der Waals surface area contributed by atoms with Crippen LogP contribution in [0.1, 0.15) is 91.0 Å². The van der Waals surface area contributed by atoms with Crippen LogP contribution >= 0.6 is 23.9 Å². The summed E-state index contributed by atoms with van der Waals surface area (Å²) < 4.78 is 50.8. The molecule has 6 nitrogen and oxygen atoms in total. The summed E-state index contributed by atoms with van der Waals surface area (Å²) >= 11 is 3.31. The quantitative estimate of drug-likeness (QED) is 0.0689. The zero-order valence-electron chi connectivity index (χ0n) is 32.2. The van der Waals surface area contributed by atoms with Gasteiger partial charge in [0.05, 0.1) is 15.5 Å². The van der Waals surface area contributed by atoms with E-state index in [0.29, 0.717) is 21.2 Å². The van der Waals surface area contributed by atoms with E-state index in [-0.39, 0.29) is 41.0 Å². The number of aliphatic carboxylic acids is 2. The zero-order valence-corrected chi connectivity index (χ0v) is 36.4. The van der Waals surface area contributed by atoms with Gasteiger partial charge >= 0.3 is 0 Å². The molecule has 0 aliphatic carbocycles. The molecule has 4 rings (SSSR count). The van der Waals surface area contributed by atoms with E-state index in [0.717, 1.165) is 48.3 Å². The Morgan fingerprint density at radius 3 is 1.16 bits per heavy atom. The second kappa shape index (κ2) is 29.9. The molecular formula is C42H63BrF4N2O4PPd+. The molecule has 0 fully saturated rings. The maximum Gasteiger partial charge on any atom is 0.300 e. The molecule has 0 heterocycles. The molecule has 4 aromatic carbocycles. The zero-order chi connectivity index (χ0) is 40.9. The number of hydrogen-bond donors (Lipinski definition) is 4. The molecule has 4 aromatic rings. The van der Waals surface area contributed by atoms with Crippen molar-refractivity contribution < 1.29 is 57.8 Å². The van der Waals surface area contributed by atoms with Gasteiger partial charge in [-0.05, 0) is 117 Å². The van der Waals surface area contributed by atoms with Gasteiger partial charge in [0, 0.05) is 69.8 Å². The van der Waals surface area contributed by atoms with Gasteiger partial charge in [-0.1, -0.05) is 67.2 Å². The number of para-hydroxylation sites is 1. The van der Waals surface area contributed by atoms with Crippen molar-refractivity contribution in [1.82, 2.24) is 0 Å². The third-order valence-corrected chi connectivity index (χ3v) is 10.9. The molecular weight excluding hydrogens is 890 g/mol. The van der Waals surface area contributed by atoms with Crippen LogP contribution in [0.4, 0.5) is 34.6 Å². The second-order valence-corrected chi connectivity index (χ2v) is 20.4. The molecule has 0 spiro atoms. The van der Waals surface area contributed by atoms with E-state index in [9.17, 15) is 17.6 Å². The summed E-state index contributed by atoms with van der Waals surface area (Å²) in [6.07, 6.45) is 0. The van der Waals surface area contributed by atoms with Crippen molar-refractivity contribution in [1.29, 1.82) is 0 Å². The predicted molar refractivity (Wildman–Crippen MR) is 229 cm³/mol. The SMILES string of the molecule is Brc1ccccc1.C.C.CC(=O)O.CC(=O)O.CC(C)(C)[PH+](C(C)(C)C)C(C)(C)C.Fc1ccc(Nc2ccccc2)cc1F.Nc1ccc(F)c(F)c1.[Pd]. The number of halogens is 5. The smallest absolute Gasteiger partial charge is 0.300 e. The fourth-order valence-electron chi connectivity index (χ4n) is 5.56. The maximum absolute atomic E-state index is 12.9. The van der Waals surface area contributed by atoms with Crippen LogP contribution in [0.3, 0.4) is 0 Å². The molecule has 5 N–H and O–H groups in total. The number of nitrogens with one attached hydrogen (secondary N) is 1. The first-order chi connectivity index (χ1) is 23.7. The normalized spacial score (nSPS) is 9.91. The fourth-order valence-corrected chi connectivity index (χ4v) is 12.6. The Morgan fingerprint density at radius 1 is 0.582 bits per heavy atom. The van der Waals surface area contributed by atoms with Gasteiger partial charge in [0.1, 0.15) is 0 Å². The monoisotopic (exact) mass is 951 g/mol. The number of carboxylic acid groups (broad SMARTS) is 2. The van der Waals surface area contributed by atoms with Gasteiger partial charge in [-0.25, -0.2) is 17.6 Å². The summed E-state index contributed by atoms with van der Waals surface area (Å²) in [5.41, 5.74) is 6.72. The first-order valence-corrected chi connectivity index (χ1v) is 18.4. The average molecular weight is 953 g/mol. The number of carbonyl (C=O) groups is 2. The van der Waals surface area contributed by atoms with Crippen molar-refractivity contribution in [3.8, 4) is 0 Å². The van der Waals surface area contributed by atoms with Crippen molar-refractivity contribution >= 4 is 52.9 Å². The number of nitrogens with two attached hydrogens (primary N) is 1. The van der Waals surface area contributed by atoms with Crippen LogP contribution in [-0.4, -0.2) is 37.6 Å². The van der Waals surface area contributed by atoms with Crippen molar-refractivity contribution in [2.75, 3.05) is 11.1 Å².